The molecule has 0 unspecified atom stereocenters. The molecule has 2 heterocycles. The van der Waals surface area contributed by atoms with Crippen molar-refractivity contribution in [3.63, 3.8) is 0 Å². The molecule has 1 aromatic heterocycles. The van der Waals surface area contributed by atoms with E-state index in [0.29, 0.717) is 34.3 Å². The van der Waals surface area contributed by atoms with Gasteiger partial charge in [-0.3, -0.25) is 14.5 Å². The number of benzene rings is 3. The van der Waals surface area contributed by atoms with Crippen molar-refractivity contribution < 1.29 is 26.6 Å². The lowest BCUT2D eigenvalue weighted by Gasteiger charge is -2.27. The highest BCUT2D eigenvalue weighted by molar-refractivity contribution is 9.10. The Kier molecular flexibility index (Phi) is 8.90. The van der Waals surface area contributed by atoms with Crippen LogP contribution < -0.4 is 17.0 Å². The first-order valence-corrected chi connectivity index (χ1v) is 13.4. The Morgan fingerprint density at radius 3 is 2.38 bits per heavy atom. The fourth-order valence-corrected chi connectivity index (χ4v) is 5.55. The summed E-state index contributed by atoms with van der Waals surface area (Å²) in [6.45, 7) is 1.85. The second-order valence-electron chi connectivity index (χ2n) is 8.92. The number of carbonyl (C=O) groups is 2. The average Bonchev–Trinajstić information content (AvgIpc) is 3.31. The summed E-state index contributed by atoms with van der Waals surface area (Å²) in [6, 6.07) is 14.8. The average molecular weight is 623 g/mol. The first-order chi connectivity index (χ1) is 17.4. The van der Waals surface area contributed by atoms with E-state index >= 15 is 0 Å². The molecule has 0 bridgehead atoms. The third-order valence-corrected chi connectivity index (χ3v) is 7.73. The summed E-state index contributed by atoms with van der Waals surface area (Å²) in [5.74, 6) is -0.420. The van der Waals surface area contributed by atoms with Crippen LogP contribution in [-0.2, 0) is 13.1 Å². The zero-order valence-electron chi connectivity index (χ0n) is 19.8. The van der Waals surface area contributed by atoms with Gasteiger partial charge >= 0.3 is 0 Å². The minimum absolute atomic E-state index is 0. The van der Waals surface area contributed by atoms with Gasteiger partial charge in [-0.05, 0) is 48.6 Å². The normalized spacial score (nSPS) is 12.8. The third-order valence-electron chi connectivity index (χ3n) is 6.46. The summed E-state index contributed by atoms with van der Waals surface area (Å²) in [6.07, 6.45) is 7.39. The molecule has 0 aliphatic carbocycles. The van der Waals surface area contributed by atoms with Crippen LogP contribution in [0.1, 0.15) is 52.0 Å². The predicted molar refractivity (Wildman–Crippen MR) is 143 cm³/mol. The summed E-state index contributed by atoms with van der Waals surface area (Å²) in [4.78, 5) is 27.5. The fraction of sp³-hybridized carbons (Fsp3) is 0.259. The highest BCUT2D eigenvalue weighted by Crippen LogP contribution is 2.34. The number of unbranched alkanes of at least 4 members (excludes halogenated alkanes) is 3. The predicted octanol–water partition coefficient (Wildman–Crippen LogP) is 3.30. The van der Waals surface area contributed by atoms with Gasteiger partial charge in [-0.25, -0.2) is 4.57 Å². The molecule has 5 rings (SSSR count). The van der Waals surface area contributed by atoms with Crippen LogP contribution in [0.25, 0.3) is 10.8 Å². The molecule has 37 heavy (non-hydrogen) atoms. The molecule has 4 aromatic rings. The zero-order chi connectivity index (χ0) is 25.2. The van der Waals surface area contributed by atoms with E-state index in [2.05, 4.69) is 21.0 Å². The molecule has 2 amide bonds. The first-order valence-electron chi connectivity index (χ1n) is 11.9. The van der Waals surface area contributed by atoms with Crippen LogP contribution in [-0.4, -0.2) is 33.0 Å². The van der Waals surface area contributed by atoms with Crippen LogP contribution in [0.4, 0.5) is 0 Å². The van der Waals surface area contributed by atoms with Gasteiger partial charge < -0.3 is 12.4 Å². The molecule has 3 aromatic carbocycles. The molecular weight excluding hydrogens is 599 g/mol. The van der Waals surface area contributed by atoms with Crippen molar-refractivity contribution in [3.05, 3.63) is 92.4 Å². The first kappa shape index (κ1) is 27.6. The topological polar surface area (TPSA) is 59.1 Å². The number of amides is 2. The number of aromatic nitrogens is 3. The number of imide groups is 1. The van der Waals surface area contributed by atoms with Crippen molar-refractivity contribution >= 4 is 61.7 Å². The number of rotatable bonds is 9. The maximum atomic E-state index is 13.1. The monoisotopic (exact) mass is 620 g/mol. The lowest BCUT2D eigenvalue weighted by atomic mass is 9.94. The van der Waals surface area contributed by atoms with E-state index in [1.807, 2.05) is 45.9 Å². The Morgan fingerprint density at radius 1 is 0.892 bits per heavy atom. The standard InChI is InChI=1S/C27H24BrCl2N4O2.ClH/c28-23-11-10-22-25-20(23)6-5-7-21(25)26(35)34(27(22)36)13-4-2-1-3-12-33-17-32(16-31-33)15-18-8-9-19(29)14-24(18)30;/h5-11,14,16-17H,1-4,12-13,15H2;1H/q+1;/p-1. The number of nitrogens with zero attached hydrogens (tertiary/aromatic N) is 4. The van der Waals surface area contributed by atoms with Crippen LogP contribution in [0, 0.1) is 0 Å². The fourth-order valence-electron chi connectivity index (χ4n) is 4.62. The molecule has 1 aliphatic rings. The van der Waals surface area contributed by atoms with Gasteiger partial charge in [0.1, 0.15) is 6.54 Å². The quantitative estimate of drug-likeness (QED) is 0.164. The minimum atomic E-state index is -0.210. The van der Waals surface area contributed by atoms with Crippen molar-refractivity contribution in [2.45, 2.75) is 38.8 Å². The van der Waals surface area contributed by atoms with E-state index < -0.39 is 0 Å². The maximum Gasteiger partial charge on any atom is 0.265 e. The van der Waals surface area contributed by atoms with Gasteiger partial charge in [-0.15, -0.1) is 4.68 Å². The molecule has 0 saturated carbocycles. The van der Waals surface area contributed by atoms with Crippen LogP contribution in [0.3, 0.4) is 0 Å². The Labute approximate surface area is 239 Å². The second-order valence-corrected chi connectivity index (χ2v) is 10.6. The molecule has 10 heteroatoms. The lowest BCUT2D eigenvalue weighted by molar-refractivity contribution is -0.689. The molecule has 0 N–H and O–H groups in total. The zero-order valence-corrected chi connectivity index (χ0v) is 23.7. The van der Waals surface area contributed by atoms with Crippen LogP contribution in [0.5, 0.6) is 0 Å². The lowest BCUT2D eigenvalue weighted by Crippen LogP contribution is -3.00. The molecule has 0 atom stereocenters. The summed E-state index contributed by atoms with van der Waals surface area (Å²) in [5.41, 5.74) is 2.17. The number of carbonyl (C=O) groups excluding carboxylic acids is 2. The van der Waals surface area contributed by atoms with E-state index in [1.54, 1.807) is 24.5 Å². The van der Waals surface area contributed by atoms with Gasteiger partial charge in [-0.2, -0.15) is 0 Å². The summed E-state index contributed by atoms with van der Waals surface area (Å²) in [5, 5.41) is 7.32. The van der Waals surface area contributed by atoms with Gasteiger partial charge in [0.15, 0.2) is 0 Å². The number of hydrogen-bond donors (Lipinski definition) is 0. The van der Waals surface area contributed by atoms with Crippen LogP contribution in [0.15, 0.2) is 65.7 Å². The molecule has 0 radical (unpaired) electrons. The Hall–Kier alpha value is -2.45. The van der Waals surface area contributed by atoms with Gasteiger partial charge in [0, 0.05) is 48.2 Å². The van der Waals surface area contributed by atoms with Crippen LogP contribution in [0.2, 0.25) is 10.0 Å². The Bertz CT molecular complexity index is 1450. The highest BCUT2D eigenvalue weighted by Gasteiger charge is 2.32. The van der Waals surface area contributed by atoms with E-state index in [-0.39, 0.29) is 24.2 Å². The molecular formula is C27H24BrCl3N4O2. The van der Waals surface area contributed by atoms with Gasteiger partial charge in [0.05, 0.1) is 6.54 Å². The second kappa shape index (κ2) is 11.9. The third kappa shape index (κ3) is 5.85. The highest BCUT2D eigenvalue weighted by atomic mass is 79.9. The van der Waals surface area contributed by atoms with Crippen molar-refractivity contribution in [2.24, 2.45) is 0 Å². The van der Waals surface area contributed by atoms with E-state index in [0.717, 1.165) is 53.0 Å². The van der Waals surface area contributed by atoms with Crippen molar-refractivity contribution in [1.29, 1.82) is 0 Å². The van der Waals surface area contributed by atoms with E-state index in [1.165, 1.54) is 4.90 Å². The van der Waals surface area contributed by atoms with Crippen molar-refractivity contribution in [1.82, 2.24) is 14.7 Å². The summed E-state index contributed by atoms with van der Waals surface area (Å²) in [7, 11) is 0. The van der Waals surface area contributed by atoms with E-state index in [4.69, 9.17) is 23.2 Å². The van der Waals surface area contributed by atoms with Crippen molar-refractivity contribution in [2.75, 3.05) is 6.54 Å². The van der Waals surface area contributed by atoms with Gasteiger partial charge in [0.2, 0.25) is 6.33 Å². The minimum Gasteiger partial charge on any atom is -1.00 e. The SMILES string of the molecule is O=C1c2cccc3c(Br)ccc(c23)C(=O)N1CCCCCCn1c[n+](Cc2ccc(Cl)cc2Cl)cn1.[Cl-]. The molecule has 1 aliphatic heterocycles. The maximum absolute atomic E-state index is 13.1. The largest absolute Gasteiger partial charge is 1.00 e. The van der Waals surface area contributed by atoms with Gasteiger partial charge in [-0.1, -0.05) is 70.2 Å². The van der Waals surface area contributed by atoms with Crippen molar-refractivity contribution in [3.8, 4) is 0 Å². The van der Waals surface area contributed by atoms with Gasteiger partial charge in [0.25, 0.3) is 18.1 Å². The molecule has 192 valence electrons. The molecule has 0 saturated heterocycles. The molecule has 6 nitrogen and oxygen atoms in total. The Balaban J connectivity index is 0.00000320. The summed E-state index contributed by atoms with van der Waals surface area (Å²) < 4.78 is 4.78. The number of hydrogen-bond acceptors (Lipinski definition) is 3. The van der Waals surface area contributed by atoms with E-state index in [9.17, 15) is 9.59 Å². The molecule has 0 spiro atoms. The van der Waals surface area contributed by atoms with Crippen LogP contribution >= 0.6 is 39.1 Å². The number of halogens is 4. The molecule has 0 fully saturated rings. The summed E-state index contributed by atoms with van der Waals surface area (Å²) >= 11 is 15.8. The number of aryl methyl sites for hydroxylation is 1. The smallest absolute Gasteiger partial charge is 0.265 e. The Morgan fingerprint density at radius 2 is 1.62 bits per heavy atom.